The van der Waals surface area contributed by atoms with Gasteiger partial charge in [-0.2, -0.15) is 0 Å². The SMILES string of the molecule is NS(=O)(=O)c1cc(NC(=O)[C@@H]2C3CCC(C3)C2C2CCC(F)(F)CC2)ccn1. The molecule has 3 fully saturated rings. The van der Waals surface area contributed by atoms with Crippen LogP contribution in [0.4, 0.5) is 14.5 Å². The number of fused-ring (bicyclic) bond motifs is 2. The van der Waals surface area contributed by atoms with Crippen molar-refractivity contribution in [3.05, 3.63) is 18.3 Å². The fraction of sp³-hybridized carbons (Fsp3) is 0.684. The summed E-state index contributed by atoms with van der Waals surface area (Å²) in [6.45, 7) is 0. The quantitative estimate of drug-likeness (QED) is 0.791. The molecule has 1 heterocycles. The number of sulfonamides is 1. The van der Waals surface area contributed by atoms with Crippen LogP contribution in [0.2, 0.25) is 0 Å². The van der Waals surface area contributed by atoms with Gasteiger partial charge in [-0.15, -0.1) is 0 Å². The third-order valence-electron chi connectivity index (χ3n) is 6.88. The predicted molar refractivity (Wildman–Crippen MR) is 99.0 cm³/mol. The predicted octanol–water partition coefficient (Wildman–Crippen LogP) is 3.16. The number of halogens is 2. The lowest BCUT2D eigenvalue weighted by Gasteiger charge is -2.39. The second kappa shape index (κ2) is 7.02. The van der Waals surface area contributed by atoms with Crippen LogP contribution < -0.4 is 10.5 Å². The minimum Gasteiger partial charge on any atom is -0.326 e. The van der Waals surface area contributed by atoms with E-state index in [0.29, 0.717) is 24.4 Å². The summed E-state index contributed by atoms with van der Waals surface area (Å²) in [7, 11) is -3.96. The molecule has 4 atom stereocenters. The lowest BCUT2D eigenvalue weighted by Crippen LogP contribution is -2.40. The molecule has 3 N–H and O–H groups in total. The molecule has 0 aromatic carbocycles. The molecule has 1 amide bonds. The Kier molecular flexibility index (Phi) is 4.94. The van der Waals surface area contributed by atoms with Gasteiger partial charge < -0.3 is 5.32 Å². The number of nitrogens with one attached hydrogen (secondary N) is 1. The summed E-state index contributed by atoms with van der Waals surface area (Å²) in [6.07, 6.45) is 5.07. The van der Waals surface area contributed by atoms with Crippen LogP contribution in [0, 0.1) is 29.6 Å². The molecule has 0 saturated heterocycles. The van der Waals surface area contributed by atoms with Crippen LogP contribution in [0.15, 0.2) is 23.4 Å². The fourth-order valence-corrected chi connectivity index (χ4v) is 6.22. The number of carbonyl (C=O) groups is 1. The highest BCUT2D eigenvalue weighted by atomic mass is 32.2. The first-order valence-electron chi connectivity index (χ1n) is 9.82. The van der Waals surface area contributed by atoms with Crippen molar-refractivity contribution >= 4 is 21.6 Å². The molecule has 3 aliphatic carbocycles. The number of pyridine rings is 1. The summed E-state index contributed by atoms with van der Waals surface area (Å²) >= 11 is 0. The maximum absolute atomic E-state index is 13.6. The summed E-state index contributed by atoms with van der Waals surface area (Å²) in [5.41, 5.74) is 0.334. The van der Waals surface area contributed by atoms with Gasteiger partial charge in [0, 0.05) is 36.7 Å². The Morgan fingerprint density at radius 3 is 2.50 bits per heavy atom. The minimum absolute atomic E-state index is 0.0953. The zero-order valence-electron chi connectivity index (χ0n) is 15.5. The van der Waals surface area contributed by atoms with Gasteiger partial charge >= 0.3 is 0 Å². The van der Waals surface area contributed by atoms with Crippen molar-refractivity contribution in [2.75, 3.05) is 5.32 Å². The lowest BCUT2D eigenvalue weighted by molar-refractivity contribution is -0.125. The molecule has 1 aromatic heterocycles. The van der Waals surface area contributed by atoms with Crippen molar-refractivity contribution in [1.82, 2.24) is 4.98 Å². The Morgan fingerprint density at radius 2 is 1.82 bits per heavy atom. The lowest BCUT2D eigenvalue weighted by atomic mass is 9.67. The zero-order chi connectivity index (χ0) is 20.1. The van der Waals surface area contributed by atoms with E-state index in [9.17, 15) is 22.0 Å². The molecule has 154 valence electrons. The van der Waals surface area contributed by atoms with Crippen LogP contribution in [-0.4, -0.2) is 25.2 Å². The number of aromatic nitrogens is 1. The molecule has 0 aliphatic heterocycles. The van der Waals surface area contributed by atoms with E-state index in [4.69, 9.17) is 5.14 Å². The number of hydrogen-bond donors (Lipinski definition) is 2. The van der Waals surface area contributed by atoms with Crippen molar-refractivity contribution in [2.24, 2.45) is 34.7 Å². The van der Waals surface area contributed by atoms with Gasteiger partial charge in [0.25, 0.3) is 10.0 Å². The number of hydrogen-bond acceptors (Lipinski definition) is 4. The Balaban J connectivity index is 1.51. The number of nitrogens with two attached hydrogens (primary N) is 1. The molecule has 6 nitrogen and oxygen atoms in total. The van der Waals surface area contributed by atoms with E-state index in [1.165, 1.54) is 18.3 Å². The molecule has 4 rings (SSSR count). The third kappa shape index (κ3) is 3.78. The normalized spacial score (nSPS) is 32.4. The Labute approximate surface area is 163 Å². The van der Waals surface area contributed by atoms with Crippen molar-refractivity contribution in [2.45, 2.75) is 55.9 Å². The molecule has 0 spiro atoms. The summed E-state index contributed by atoms with van der Waals surface area (Å²) < 4.78 is 50.1. The first-order chi connectivity index (χ1) is 13.1. The van der Waals surface area contributed by atoms with Gasteiger partial charge in [0.05, 0.1) is 0 Å². The fourth-order valence-electron chi connectivity index (χ4n) is 5.72. The van der Waals surface area contributed by atoms with Crippen LogP contribution in [0.25, 0.3) is 0 Å². The molecule has 2 bridgehead atoms. The molecule has 3 saturated carbocycles. The number of amides is 1. The van der Waals surface area contributed by atoms with Crippen molar-refractivity contribution in [1.29, 1.82) is 0 Å². The monoisotopic (exact) mass is 413 g/mol. The summed E-state index contributed by atoms with van der Waals surface area (Å²) in [5.74, 6) is -1.94. The summed E-state index contributed by atoms with van der Waals surface area (Å²) in [4.78, 5) is 16.8. The van der Waals surface area contributed by atoms with Crippen molar-refractivity contribution in [3.63, 3.8) is 0 Å². The summed E-state index contributed by atoms with van der Waals surface area (Å²) in [5, 5.41) is 7.62. The molecular weight excluding hydrogens is 388 g/mol. The van der Waals surface area contributed by atoms with Crippen molar-refractivity contribution < 1.29 is 22.0 Å². The molecule has 3 aliphatic rings. The number of alkyl halides is 2. The maximum Gasteiger partial charge on any atom is 0.255 e. The average molecular weight is 413 g/mol. The number of nitrogens with zero attached hydrogens (tertiary/aromatic N) is 1. The Morgan fingerprint density at radius 1 is 1.14 bits per heavy atom. The molecular formula is C19H25F2N3O3S. The number of rotatable bonds is 4. The first-order valence-corrected chi connectivity index (χ1v) is 11.4. The molecule has 1 aromatic rings. The van der Waals surface area contributed by atoms with Gasteiger partial charge in [-0.05, 0) is 61.8 Å². The highest BCUT2D eigenvalue weighted by Gasteiger charge is 2.54. The highest BCUT2D eigenvalue weighted by molar-refractivity contribution is 7.89. The smallest absolute Gasteiger partial charge is 0.255 e. The Hall–Kier alpha value is -1.61. The van der Waals surface area contributed by atoms with Crippen molar-refractivity contribution in [3.8, 4) is 0 Å². The third-order valence-corrected chi connectivity index (χ3v) is 7.69. The number of primary sulfonamides is 1. The van der Waals surface area contributed by atoms with Gasteiger partial charge in [-0.3, -0.25) is 4.79 Å². The van der Waals surface area contributed by atoms with Gasteiger partial charge in [-0.25, -0.2) is 27.3 Å². The van der Waals surface area contributed by atoms with Gasteiger partial charge in [0.1, 0.15) is 0 Å². The second-order valence-corrected chi connectivity index (χ2v) is 10.1. The maximum atomic E-state index is 13.6. The van der Waals surface area contributed by atoms with E-state index in [1.807, 2.05) is 0 Å². The van der Waals surface area contributed by atoms with E-state index in [-0.39, 0.29) is 47.4 Å². The molecule has 28 heavy (non-hydrogen) atoms. The van der Waals surface area contributed by atoms with E-state index in [1.54, 1.807) is 0 Å². The average Bonchev–Trinajstić information content (AvgIpc) is 3.22. The van der Waals surface area contributed by atoms with E-state index >= 15 is 0 Å². The van der Waals surface area contributed by atoms with Gasteiger partial charge in [0.2, 0.25) is 11.8 Å². The van der Waals surface area contributed by atoms with E-state index in [2.05, 4.69) is 10.3 Å². The van der Waals surface area contributed by atoms with Gasteiger partial charge in [0.15, 0.2) is 5.03 Å². The number of carbonyl (C=O) groups excluding carboxylic acids is 1. The summed E-state index contributed by atoms with van der Waals surface area (Å²) in [6, 6.07) is 2.77. The minimum atomic E-state index is -3.96. The zero-order valence-corrected chi connectivity index (χ0v) is 16.3. The largest absolute Gasteiger partial charge is 0.326 e. The second-order valence-electron chi connectivity index (χ2n) is 8.55. The number of anilines is 1. The topological polar surface area (TPSA) is 102 Å². The first kappa shape index (κ1) is 19.7. The van der Waals surface area contributed by atoms with Crippen LogP contribution in [0.5, 0.6) is 0 Å². The molecule has 0 radical (unpaired) electrons. The van der Waals surface area contributed by atoms with Crippen LogP contribution in [-0.2, 0) is 14.8 Å². The van der Waals surface area contributed by atoms with E-state index in [0.717, 1.165) is 19.3 Å². The van der Waals surface area contributed by atoms with Crippen LogP contribution in [0.3, 0.4) is 0 Å². The highest BCUT2D eigenvalue weighted by Crippen LogP contribution is 2.58. The van der Waals surface area contributed by atoms with Crippen LogP contribution in [0.1, 0.15) is 44.9 Å². The van der Waals surface area contributed by atoms with Crippen LogP contribution >= 0.6 is 0 Å². The molecule has 9 heteroatoms. The standard InChI is InChI=1S/C19H25F2N3O3S/c20-19(21)6-3-11(4-7-19)16-12-1-2-13(9-12)17(16)18(25)24-14-5-8-23-15(10-14)28(22,26)27/h5,8,10-13,16-17H,1-4,6-7,9H2,(H2,22,26,27)(H,23,24,25)/t12?,13?,16?,17-/m1/s1. The molecule has 3 unspecified atom stereocenters. The van der Waals surface area contributed by atoms with E-state index < -0.39 is 15.9 Å². The Bertz CT molecular complexity index is 867. The van der Waals surface area contributed by atoms with Gasteiger partial charge in [-0.1, -0.05) is 0 Å².